The number of halogens is 1. The summed E-state index contributed by atoms with van der Waals surface area (Å²) in [6.07, 6.45) is 1.74. The van der Waals surface area contributed by atoms with Gasteiger partial charge in [-0.25, -0.2) is 0 Å². The maximum Gasteiger partial charge on any atom is 0.161 e. The number of methoxy groups -OCH3 is 2. The number of nitrogens with zero attached hydrogens (tertiary/aromatic N) is 1. The van der Waals surface area contributed by atoms with Crippen LogP contribution in [0.25, 0.3) is 0 Å². The normalized spacial score (nSPS) is 10.8. The van der Waals surface area contributed by atoms with Gasteiger partial charge in [0.25, 0.3) is 0 Å². The lowest BCUT2D eigenvalue weighted by atomic mass is 10.2. The highest BCUT2D eigenvalue weighted by Gasteiger charge is 2.07. The van der Waals surface area contributed by atoms with Gasteiger partial charge < -0.3 is 24.4 Å². The molecule has 6 nitrogen and oxygen atoms in total. The van der Waals surface area contributed by atoms with E-state index in [1.54, 1.807) is 20.4 Å². The van der Waals surface area contributed by atoms with Crippen LogP contribution in [0.3, 0.4) is 0 Å². The van der Waals surface area contributed by atoms with Crippen molar-refractivity contribution in [2.45, 2.75) is 20.1 Å². The Labute approximate surface area is 193 Å². The molecular formula is C25H27ClN2O4. The first-order valence-corrected chi connectivity index (χ1v) is 10.6. The highest BCUT2D eigenvalue weighted by molar-refractivity contribution is 6.30. The van der Waals surface area contributed by atoms with E-state index >= 15 is 0 Å². The van der Waals surface area contributed by atoms with Gasteiger partial charge in [-0.2, -0.15) is 5.10 Å². The van der Waals surface area contributed by atoms with Crippen molar-refractivity contribution in [2.24, 2.45) is 5.10 Å². The van der Waals surface area contributed by atoms with Crippen LogP contribution in [0.4, 0.5) is 0 Å². The molecule has 0 heterocycles. The largest absolute Gasteiger partial charge is 0.493 e. The lowest BCUT2D eigenvalue weighted by Crippen LogP contribution is -2.06. The number of hydrazone groups is 1. The highest BCUT2D eigenvalue weighted by atomic mass is 35.5. The van der Waals surface area contributed by atoms with E-state index < -0.39 is 0 Å². The third kappa shape index (κ3) is 6.56. The first-order valence-electron chi connectivity index (χ1n) is 10.2. The molecule has 3 aromatic carbocycles. The topological polar surface area (TPSA) is 61.3 Å². The molecule has 0 aliphatic heterocycles. The predicted octanol–water partition coefficient (Wildman–Crippen LogP) is 5.46. The molecule has 168 valence electrons. The Bertz CT molecular complexity index is 1040. The van der Waals surface area contributed by atoms with E-state index in [-0.39, 0.29) is 0 Å². The van der Waals surface area contributed by atoms with Gasteiger partial charge in [0.2, 0.25) is 0 Å². The number of hydrogen-bond acceptors (Lipinski definition) is 6. The van der Waals surface area contributed by atoms with Crippen LogP contribution in [0, 0.1) is 0 Å². The Morgan fingerprint density at radius 3 is 2.25 bits per heavy atom. The van der Waals surface area contributed by atoms with Crippen LogP contribution in [0.2, 0.25) is 5.02 Å². The number of benzene rings is 3. The summed E-state index contributed by atoms with van der Waals surface area (Å²) in [5.74, 6) is 2.73. The van der Waals surface area contributed by atoms with Crippen molar-refractivity contribution >= 4 is 17.8 Å². The molecule has 0 amide bonds. The maximum absolute atomic E-state index is 5.94. The molecule has 0 aliphatic carbocycles. The van der Waals surface area contributed by atoms with Crippen molar-refractivity contribution in [3.05, 3.63) is 82.4 Å². The van der Waals surface area contributed by atoms with Gasteiger partial charge >= 0.3 is 0 Å². The number of ether oxygens (including phenoxy) is 4. The minimum atomic E-state index is 0.428. The van der Waals surface area contributed by atoms with Crippen LogP contribution >= 0.6 is 11.6 Å². The Hall–Kier alpha value is -3.38. The molecule has 0 spiro atoms. The van der Waals surface area contributed by atoms with Crippen molar-refractivity contribution in [3.63, 3.8) is 0 Å². The molecular weight excluding hydrogens is 428 g/mol. The van der Waals surface area contributed by atoms with Gasteiger partial charge in [0.1, 0.15) is 6.61 Å². The highest BCUT2D eigenvalue weighted by Crippen LogP contribution is 2.29. The van der Waals surface area contributed by atoms with Gasteiger partial charge in [0.15, 0.2) is 23.0 Å². The van der Waals surface area contributed by atoms with Gasteiger partial charge in [0.05, 0.1) is 33.6 Å². The Balaban J connectivity index is 1.60. The summed E-state index contributed by atoms with van der Waals surface area (Å²) in [5, 5.41) is 5.01. The SMILES string of the molecule is CCOc1cc(/C=N\NCc2ccc(OC)c(OC)c2)ccc1OCc1ccc(Cl)cc1. The van der Waals surface area contributed by atoms with Crippen molar-refractivity contribution < 1.29 is 18.9 Å². The molecule has 0 saturated carbocycles. The summed E-state index contributed by atoms with van der Waals surface area (Å²) in [5.41, 5.74) is 6.00. The average Bonchev–Trinajstić information content (AvgIpc) is 2.82. The summed E-state index contributed by atoms with van der Waals surface area (Å²) in [4.78, 5) is 0. The van der Waals surface area contributed by atoms with Crippen LogP contribution in [0.5, 0.6) is 23.0 Å². The molecule has 7 heteroatoms. The fraction of sp³-hybridized carbons (Fsp3) is 0.240. The minimum absolute atomic E-state index is 0.428. The molecule has 0 aromatic heterocycles. The summed E-state index contributed by atoms with van der Waals surface area (Å²) in [6.45, 7) is 3.46. The molecule has 32 heavy (non-hydrogen) atoms. The van der Waals surface area contributed by atoms with Crippen molar-refractivity contribution in [3.8, 4) is 23.0 Å². The lowest BCUT2D eigenvalue weighted by molar-refractivity contribution is 0.269. The van der Waals surface area contributed by atoms with Crippen LogP contribution in [0.1, 0.15) is 23.6 Å². The van der Waals surface area contributed by atoms with Crippen LogP contribution in [0.15, 0.2) is 65.8 Å². The van der Waals surface area contributed by atoms with E-state index in [0.29, 0.717) is 47.8 Å². The first-order chi connectivity index (χ1) is 15.6. The second kappa shape index (κ2) is 11.9. The first kappa shape index (κ1) is 23.3. The van der Waals surface area contributed by atoms with Gasteiger partial charge in [-0.3, -0.25) is 0 Å². The predicted molar refractivity (Wildman–Crippen MR) is 127 cm³/mol. The van der Waals surface area contributed by atoms with Crippen LogP contribution in [-0.2, 0) is 13.2 Å². The van der Waals surface area contributed by atoms with E-state index in [4.69, 9.17) is 30.5 Å². The smallest absolute Gasteiger partial charge is 0.161 e. The van der Waals surface area contributed by atoms with Crippen molar-refractivity contribution in [1.29, 1.82) is 0 Å². The third-order valence-electron chi connectivity index (χ3n) is 4.61. The van der Waals surface area contributed by atoms with Gasteiger partial charge in [-0.05, 0) is 66.1 Å². The second-order valence-corrected chi connectivity index (χ2v) is 7.27. The van der Waals surface area contributed by atoms with E-state index in [2.05, 4.69) is 10.5 Å². The molecule has 0 radical (unpaired) electrons. The Morgan fingerprint density at radius 1 is 0.812 bits per heavy atom. The van der Waals surface area contributed by atoms with Crippen molar-refractivity contribution in [1.82, 2.24) is 5.43 Å². The van der Waals surface area contributed by atoms with Gasteiger partial charge in [-0.1, -0.05) is 29.8 Å². The molecule has 0 fully saturated rings. The molecule has 0 saturated heterocycles. The molecule has 0 atom stereocenters. The molecule has 0 aliphatic rings. The minimum Gasteiger partial charge on any atom is -0.493 e. The monoisotopic (exact) mass is 454 g/mol. The molecule has 3 aromatic rings. The number of hydrogen-bond donors (Lipinski definition) is 1. The summed E-state index contributed by atoms with van der Waals surface area (Å²) >= 11 is 5.94. The lowest BCUT2D eigenvalue weighted by Gasteiger charge is -2.13. The fourth-order valence-electron chi connectivity index (χ4n) is 2.98. The maximum atomic E-state index is 5.94. The standard InChI is InChI=1S/C25H27ClN2O4/c1-4-31-25-14-20(8-12-23(25)32-17-18-5-9-21(26)10-6-18)16-28-27-15-19-7-11-22(29-2)24(13-19)30-3/h5-14,16,27H,4,15,17H2,1-3H3/b28-16-. The number of rotatable bonds is 11. The van der Waals surface area contributed by atoms with E-state index in [1.807, 2.05) is 67.6 Å². The Morgan fingerprint density at radius 2 is 1.53 bits per heavy atom. The van der Waals surface area contributed by atoms with Gasteiger partial charge in [0, 0.05) is 5.02 Å². The number of nitrogens with one attached hydrogen (secondary N) is 1. The molecule has 0 unspecified atom stereocenters. The van der Waals surface area contributed by atoms with Crippen LogP contribution in [-0.4, -0.2) is 27.0 Å². The van der Waals surface area contributed by atoms with Crippen LogP contribution < -0.4 is 24.4 Å². The van der Waals surface area contributed by atoms with Gasteiger partial charge in [-0.15, -0.1) is 0 Å². The average molecular weight is 455 g/mol. The third-order valence-corrected chi connectivity index (χ3v) is 4.86. The van der Waals surface area contributed by atoms with E-state index in [9.17, 15) is 0 Å². The quantitative estimate of drug-likeness (QED) is 0.308. The molecule has 3 rings (SSSR count). The zero-order valence-corrected chi connectivity index (χ0v) is 19.2. The molecule has 0 bridgehead atoms. The fourth-order valence-corrected chi connectivity index (χ4v) is 3.11. The zero-order chi connectivity index (χ0) is 22.8. The molecule has 1 N–H and O–H groups in total. The van der Waals surface area contributed by atoms with E-state index in [0.717, 1.165) is 16.7 Å². The van der Waals surface area contributed by atoms with E-state index in [1.165, 1.54) is 0 Å². The summed E-state index contributed by atoms with van der Waals surface area (Å²) < 4.78 is 22.3. The second-order valence-electron chi connectivity index (χ2n) is 6.84. The summed E-state index contributed by atoms with van der Waals surface area (Å²) in [7, 11) is 3.23. The summed E-state index contributed by atoms with van der Waals surface area (Å²) in [6, 6.07) is 19.0. The zero-order valence-electron chi connectivity index (χ0n) is 18.4. The Kier molecular flexibility index (Phi) is 8.63. The van der Waals surface area contributed by atoms with Crippen molar-refractivity contribution in [2.75, 3.05) is 20.8 Å².